The molecule has 4 nitrogen and oxygen atoms in total. The molecule has 1 aliphatic heterocycles. The van der Waals surface area contributed by atoms with Crippen LogP contribution in [0.4, 0.5) is 4.79 Å². The fourth-order valence-electron chi connectivity index (χ4n) is 4.26. The molecule has 120 valence electrons. The van der Waals surface area contributed by atoms with Gasteiger partial charge in [0.15, 0.2) is 0 Å². The fraction of sp³-hybridized carbons (Fsp3) is 0.611. The van der Waals surface area contributed by atoms with Crippen molar-refractivity contribution >= 4 is 6.03 Å². The minimum absolute atomic E-state index is 0.0104. The van der Waals surface area contributed by atoms with Gasteiger partial charge in [-0.2, -0.15) is 0 Å². The lowest BCUT2D eigenvalue weighted by molar-refractivity contribution is 0.0652. The highest BCUT2D eigenvalue weighted by atomic mass is 16.2. The number of carbonyl (C=O) groups is 1. The lowest BCUT2D eigenvalue weighted by Gasteiger charge is -2.48. The predicted octanol–water partition coefficient (Wildman–Crippen LogP) is 2.69. The molecule has 0 bridgehead atoms. The number of nitrogens with zero attached hydrogens (tertiary/aromatic N) is 1. The van der Waals surface area contributed by atoms with E-state index in [0.29, 0.717) is 0 Å². The molecule has 22 heavy (non-hydrogen) atoms. The van der Waals surface area contributed by atoms with Crippen LogP contribution in [0.2, 0.25) is 0 Å². The monoisotopic (exact) mass is 301 g/mol. The molecule has 4 heteroatoms. The Kier molecular flexibility index (Phi) is 3.68. The molecule has 2 N–H and O–H groups in total. The number of aryl methyl sites for hydroxylation is 2. The van der Waals surface area contributed by atoms with Crippen LogP contribution in [0.5, 0.6) is 0 Å². The van der Waals surface area contributed by atoms with Crippen molar-refractivity contribution in [2.24, 2.45) is 0 Å². The fourth-order valence-corrected chi connectivity index (χ4v) is 4.26. The normalized spacial score (nSPS) is 31.4. The molecule has 2 amide bonds. The zero-order chi connectivity index (χ0) is 16.0. The number of urea groups is 1. The van der Waals surface area contributed by atoms with E-state index in [1.54, 1.807) is 0 Å². The number of hydrogen-bond acceptors (Lipinski definition) is 2. The van der Waals surface area contributed by atoms with Crippen LogP contribution in [0.25, 0.3) is 0 Å². The molecule has 1 saturated heterocycles. The molecule has 1 aromatic carbocycles. The standard InChI is InChI=1S/C18H27N3O/c1-13-9-14(2)11-15(10-13)18(21(3)4)7-5-17(6-8-18)12-19-16(22)20-17/h9-11H,5-8,12H2,1-4H3,(H2,19,20,22). The van der Waals surface area contributed by atoms with Gasteiger partial charge in [-0.05, 0) is 59.2 Å². The van der Waals surface area contributed by atoms with Crippen molar-refractivity contribution in [3.05, 3.63) is 34.9 Å². The van der Waals surface area contributed by atoms with Crippen molar-refractivity contribution in [3.8, 4) is 0 Å². The van der Waals surface area contributed by atoms with Crippen LogP contribution in [0.15, 0.2) is 18.2 Å². The Bertz CT molecular complexity index is 566. The van der Waals surface area contributed by atoms with Crippen LogP contribution >= 0.6 is 0 Å². The molecular weight excluding hydrogens is 274 g/mol. The third-order valence-corrected chi connectivity index (χ3v) is 5.62. The van der Waals surface area contributed by atoms with E-state index in [1.807, 2.05) is 0 Å². The van der Waals surface area contributed by atoms with E-state index in [9.17, 15) is 4.79 Å². The van der Waals surface area contributed by atoms with Gasteiger partial charge >= 0.3 is 6.03 Å². The number of hydrogen-bond donors (Lipinski definition) is 2. The van der Waals surface area contributed by atoms with Crippen molar-refractivity contribution in [2.75, 3.05) is 20.6 Å². The molecule has 3 rings (SSSR count). The number of carbonyl (C=O) groups excluding carboxylic acids is 1. The first kappa shape index (κ1) is 15.3. The average molecular weight is 301 g/mol. The first-order valence-electron chi connectivity index (χ1n) is 8.18. The van der Waals surface area contributed by atoms with E-state index < -0.39 is 0 Å². The van der Waals surface area contributed by atoms with Crippen LogP contribution in [0, 0.1) is 13.8 Å². The smallest absolute Gasteiger partial charge is 0.315 e. The Balaban J connectivity index is 1.90. The van der Waals surface area contributed by atoms with Gasteiger partial charge in [0.25, 0.3) is 0 Å². The van der Waals surface area contributed by atoms with Crippen LogP contribution in [-0.4, -0.2) is 37.1 Å². The summed E-state index contributed by atoms with van der Waals surface area (Å²) in [6, 6.07) is 6.88. The summed E-state index contributed by atoms with van der Waals surface area (Å²) >= 11 is 0. The van der Waals surface area contributed by atoms with E-state index in [1.165, 1.54) is 16.7 Å². The van der Waals surface area contributed by atoms with E-state index in [-0.39, 0.29) is 17.1 Å². The van der Waals surface area contributed by atoms with Gasteiger partial charge in [0.2, 0.25) is 0 Å². The molecule has 2 aliphatic rings. The highest BCUT2D eigenvalue weighted by Gasteiger charge is 2.47. The topological polar surface area (TPSA) is 44.4 Å². The highest BCUT2D eigenvalue weighted by molar-refractivity contribution is 5.77. The summed E-state index contributed by atoms with van der Waals surface area (Å²) in [5.41, 5.74) is 4.12. The van der Waals surface area contributed by atoms with Gasteiger partial charge in [-0.15, -0.1) is 0 Å². The quantitative estimate of drug-likeness (QED) is 0.882. The maximum Gasteiger partial charge on any atom is 0.315 e. The number of benzene rings is 1. The summed E-state index contributed by atoms with van der Waals surface area (Å²) < 4.78 is 0. The van der Waals surface area contributed by atoms with E-state index in [2.05, 4.69) is 61.7 Å². The summed E-state index contributed by atoms with van der Waals surface area (Å²) in [6.07, 6.45) is 4.20. The zero-order valence-corrected chi connectivity index (χ0v) is 14.1. The summed E-state index contributed by atoms with van der Waals surface area (Å²) in [7, 11) is 4.36. The van der Waals surface area contributed by atoms with Gasteiger partial charge < -0.3 is 10.6 Å². The largest absolute Gasteiger partial charge is 0.336 e. The molecule has 0 radical (unpaired) electrons. The van der Waals surface area contributed by atoms with Gasteiger partial charge in [-0.3, -0.25) is 4.90 Å². The van der Waals surface area contributed by atoms with E-state index in [4.69, 9.17) is 0 Å². The molecule has 0 atom stereocenters. The van der Waals surface area contributed by atoms with Gasteiger partial charge in [0.05, 0.1) is 5.54 Å². The van der Waals surface area contributed by atoms with Crippen LogP contribution in [0.1, 0.15) is 42.4 Å². The molecule has 0 unspecified atom stereocenters. The summed E-state index contributed by atoms with van der Waals surface area (Å²) in [5, 5.41) is 6.08. The Morgan fingerprint density at radius 1 is 1.00 bits per heavy atom. The average Bonchev–Trinajstić information content (AvgIpc) is 2.80. The van der Waals surface area contributed by atoms with Crippen molar-refractivity contribution in [1.29, 1.82) is 0 Å². The van der Waals surface area contributed by atoms with Crippen LogP contribution in [0.3, 0.4) is 0 Å². The second kappa shape index (κ2) is 5.27. The van der Waals surface area contributed by atoms with Crippen molar-refractivity contribution in [1.82, 2.24) is 15.5 Å². The lowest BCUT2D eigenvalue weighted by atomic mass is 9.68. The first-order valence-corrected chi connectivity index (χ1v) is 8.18. The van der Waals surface area contributed by atoms with Gasteiger partial charge in [-0.25, -0.2) is 4.79 Å². The predicted molar refractivity (Wildman–Crippen MR) is 89.0 cm³/mol. The number of nitrogens with one attached hydrogen (secondary N) is 2. The summed E-state index contributed by atoms with van der Waals surface area (Å²) in [6.45, 7) is 5.11. The van der Waals surface area contributed by atoms with Crippen molar-refractivity contribution in [2.45, 2.75) is 50.6 Å². The van der Waals surface area contributed by atoms with Crippen molar-refractivity contribution in [3.63, 3.8) is 0 Å². The van der Waals surface area contributed by atoms with Gasteiger partial charge in [-0.1, -0.05) is 29.3 Å². The number of amides is 2. The molecule has 1 spiro atoms. The van der Waals surface area contributed by atoms with Gasteiger partial charge in [0.1, 0.15) is 0 Å². The molecule has 1 heterocycles. The second-order valence-electron chi connectivity index (χ2n) is 7.39. The van der Waals surface area contributed by atoms with E-state index >= 15 is 0 Å². The minimum Gasteiger partial charge on any atom is -0.336 e. The Hall–Kier alpha value is -1.55. The third-order valence-electron chi connectivity index (χ3n) is 5.62. The third kappa shape index (κ3) is 2.50. The molecular formula is C18H27N3O. The zero-order valence-electron chi connectivity index (χ0n) is 14.1. The molecule has 1 saturated carbocycles. The molecule has 1 aliphatic carbocycles. The Morgan fingerprint density at radius 2 is 1.59 bits per heavy atom. The molecule has 1 aromatic rings. The van der Waals surface area contributed by atoms with Crippen LogP contribution < -0.4 is 10.6 Å². The van der Waals surface area contributed by atoms with Gasteiger partial charge in [0, 0.05) is 12.1 Å². The Morgan fingerprint density at radius 3 is 2.05 bits per heavy atom. The minimum atomic E-state index is -0.0323. The van der Waals surface area contributed by atoms with Crippen molar-refractivity contribution < 1.29 is 4.79 Å². The van der Waals surface area contributed by atoms with E-state index in [0.717, 1.165) is 32.2 Å². The highest BCUT2D eigenvalue weighted by Crippen LogP contribution is 2.45. The molecule has 2 fully saturated rings. The summed E-state index contributed by atoms with van der Waals surface area (Å²) in [5.74, 6) is 0. The maximum absolute atomic E-state index is 11.5. The maximum atomic E-state index is 11.5. The number of rotatable bonds is 2. The lowest BCUT2D eigenvalue weighted by Crippen LogP contribution is -2.54. The summed E-state index contributed by atoms with van der Waals surface area (Å²) in [4.78, 5) is 13.9. The first-order chi connectivity index (χ1) is 10.4. The molecule has 0 aromatic heterocycles. The van der Waals surface area contributed by atoms with Crippen LogP contribution in [-0.2, 0) is 5.54 Å². The SMILES string of the molecule is Cc1cc(C)cc(C2(N(C)C)CCC3(CC2)CNC(=O)N3)c1. The second-order valence-corrected chi connectivity index (χ2v) is 7.39. The Labute approximate surface area is 133 Å².